The molecule has 26 heavy (non-hydrogen) atoms. The van der Waals surface area contributed by atoms with Crippen LogP contribution in [0.15, 0.2) is 65.7 Å². The Morgan fingerprint density at radius 2 is 1.88 bits per heavy atom. The van der Waals surface area contributed by atoms with Crippen LogP contribution in [0.3, 0.4) is 0 Å². The summed E-state index contributed by atoms with van der Waals surface area (Å²) in [5.41, 5.74) is 2.14. The number of benzene rings is 1. The van der Waals surface area contributed by atoms with Crippen LogP contribution in [-0.4, -0.2) is 25.7 Å². The second-order valence-electron chi connectivity index (χ2n) is 5.49. The monoisotopic (exact) mass is 363 g/mol. The van der Waals surface area contributed by atoms with Crippen molar-refractivity contribution >= 4 is 33.3 Å². The first kappa shape index (κ1) is 16.1. The van der Waals surface area contributed by atoms with Crippen LogP contribution in [0, 0.1) is 0 Å². The number of carbonyl (C=O) groups excluding carboxylic acids is 1. The van der Waals surface area contributed by atoms with Crippen molar-refractivity contribution in [1.29, 1.82) is 0 Å². The molecular weight excluding hydrogens is 350 g/mol. The quantitative estimate of drug-likeness (QED) is 0.602. The lowest BCUT2D eigenvalue weighted by molar-refractivity contribution is -0.117. The third-order valence-corrected chi connectivity index (χ3v) is 4.69. The van der Waals surface area contributed by atoms with Gasteiger partial charge in [0, 0.05) is 29.7 Å². The average Bonchev–Trinajstić information content (AvgIpc) is 3.08. The lowest BCUT2D eigenvalue weighted by Gasteiger charge is -2.06. The molecule has 1 amide bonds. The summed E-state index contributed by atoms with van der Waals surface area (Å²) in [6, 6.07) is 14.1. The summed E-state index contributed by atoms with van der Waals surface area (Å²) in [5.74, 6) is -0.317. The average molecular weight is 363 g/mol. The van der Waals surface area contributed by atoms with Crippen LogP contribution in [0.25, 0.3) is 20.9 Å². The lowest BCUT2D eigenvalue weighted by Crippen LogP contribution is -2.28. The molecule has 4 aromatic rings. The zero-order valence-electron chi connectivity index (χ0n) is 13.5. The van der Waals surface area contributed by atoms with E-state index in [9.17, 15) is 9.59 Å². The number of fused-ring (bicyclic) bond motifs is 1. The molecule has 0 fully saturated rings. The van der Waals surface area contributed by atoms with Gasteiger partial charge in [-0.1, -0.05) is 11.3 Å². The molecule has 7 nitrogen and oxygen atoms in total. The predicted octanol–water partition coefficient (Wildman–Crippen LogP) is 2.55. The molecule has 0 radical (unpaired) electrons. The highest BCUT2D eigenvalue weighted by Crippen LogP contribution is 2.29. The van der Waals surface area contributed by atoms with Crippen LogP contribution in [0.4, 0.5) is 5.69 Å². The SMILES string of the molecule is O=C(Cn1ncccc1=O)Nc1ccc(-c2nc3cccnc3s2)cc1. The van der Waals surface area contributed by atoms with Gasteiger partial charge >= 0.3 is 0 Å². The normalized spacial score (nSPS) is 10.8. The van der Waals surface area contributed by atoms with E-state index in [1.54, 1.807) is 18.3 Å². The maximum absolute atomic E-state index is 12.1. The zero-order valence-corrected chi connectivity index (χ0v) is 14.3. The Labute approximate surface area is 152 Å². The second-order valence-corrected chi connectivity index (χ2v) is 6.47. The van der Waals surface area contributed by atoms with E-state index in [4.69, 9.17) is 0 Å². The van der Waals surface area contributed by atoms with Crippen molar-refractivity contribution in [3.63, 3.8) is 0 Å². The summed E-state index contributed by atoms with van der Waals surface area (Å²) in [6.45, 7) is -0.134. The fraction of sp³-hybridized carbons (Fsp3) is 0.0556. The number of pyridine rings is 1. The van der Waals surface area contributed by atoms with Crippen molar-refractivity contribution in [2.45, 2.75) is 6.54 Å². The van der Waals surface area contributed by atoms with Gasteiger partial charge in [0.15, 0.2) is 0 Å². The number of thiazole rings is 1. The minimum absolute atomic E-state index is 0.134. The second kappa shape index (κ2) is 6.85. The molecule has 0 spiro atoms. The number of aromatic nitrogens is 4. The molecule has 0 aliphatic carbocycles. The van der Waals surface area contributed by atoms with Gasteiger partial charge in [0.05, 0.1) is 0 Å². The lowest BCUT2D eigenvalue weighted by atomic mass is 10.2. The summed E-state index contributed by atoms with van der Waals surface area (Å²) >= 11 is 1.52. The molecule has 0 aliphatic heterocycles. The van der Waals surface area contributed by atoms with E-state index in [1.165, 1.54) is 29.7 Å². The molecule has 4 rings (SSSR count). The third-order valence-electron chi connectivity index (χ3n) is 3.66. The van der Waals surface area contributed by atoms with E-state index in [2.05, 4.69) is 20.4 Å². The Morgan fingerprint density at radius 1 is 1.08 bits per heavy atom. The van der Waals surface area contributed by atoms with Gasteiger partial charge in [0.2, 0.25) is 5.91 Å². The highest BCUT2D eigenvalue weighted by molar-refractivity contribution is 7.21. The number of nitrogens with one attached hydrogen (secondary N) is 1. The molecule has 0 saturated heterocycles. The van der Waals surface area contributed by atoms with Gasteiger partial charge in [-0.3, -0.25) is 9.59 Å². The van der Waals surface area contributed by atoms with Crippen LogP contribution in [0.5, 0.6) is 0 Å². The number of anilines is 1. The maximum atomic E-state index is 12.1. The fourth-order valence-electron chi connectivity index (χ4n) is 2.43. The molecule has 0 bridgehead atoms. The van der Waals surface area contributed by atoms with Crippen molar-refractivity contribution < 1.29 is 4.79 Å². The molecule has 1 N–H and O–H groups in total. The number of nitrogens with zero attached hydrogens (tertiary/aromatic N) is 4. The molecule has 0 unspecified atom stereocenters. The molecule has 3 aromatic heterocycles. The van der Waals surface area contributed by atoms with Gasteiger partial charge in [-0.05, 0) is 42.5 Å². The molecule has 128 valence electrons. The zero-order chi connectivity index (χ0) is 17.9. The number of carbonyl (C=O) groups is 1. The highest BCUT2D eigenvalue weighted by Gasteiger charge is 2.08. The Balaban J connectivity index is 1.48. The Bertz CT molecular complexity index is 1100. The van der Waals surface area contributed by atoms with E-state index >= 15 is 0 Å². The van der Waals surface area contributed by atoms with Crippen molar-refractivity contribution in [2.75, 3.05) is 5.32 Å². The van der Waals surface area contributed by atoms with Crippen LogP contribution >= 0.6 is 11.3 Å². The maximum Gasteiger partial charge on any atom is 0.267 e. The molecule has 0 saturated carbocycles. The van der Waals surface area contributed by atoms with E-state index in [0.29, 0.717) is 5.69 Å². The summed E-state index contributed by atoms with van der Waals surface area (Å²) in [4.78, 5) is 33.4. The first-order valence-electron chi connectivity index (χ1n) is 7.83. The molecule has 0 aliphatic rings. The number of hydrogen-bond acceptors (Lipinski definition) is 6. The fourth-order valence-corrected chi connectivity index (χ4v) is 3.34. The van der Waals surface area contributed by atoms with Gasteiger partial charge in [0.25, 0.3) is 5.56 Å². The Morgan fingerprint density at radius 3 is 2.65 bits per heavy atom. The van der Waals surface area contributed by atoms with Crippen LogP contribution < -0.4 is 10.9 Å². The highest BCUT2D eigenvalue weighted by atomic mass is 32.1. The van der Waals surface area contributed by atoms with Crippen molar-refractivity contribution in [2.24, 2.45) is 0 Å². The number of amides is 1. The van der Waals surface area contributed by atoms with Crippen LogP contribution in [0.1, 0.15) is 0 Å². The van der Waals surface area contributed by atoms with Gasteiger partial charge in [-0.15, -0.1) is 0 Å². The van der Waals surface area contributed by atoms with Crippen molar-refractivity contribution in [1.82, 2.24) is 19.7 Å². The summed E-state index contributed by atoms with van der Waals surface area (Å²) in [6.07, 6.45) is 3.21. The Hall–Kier alpha value is -3.39. The summed E-state index contributed by atoms with van der Waals surface area (Å²) in [5, 5.41) is 7.49. The van der Waals surface area contributed by atoms with Gasteiger partial charge in [-0.2, -0.15) is 5.10 Å². The van der Waals surface area contributed by atoms with E-state index in [0.717, 1.165) is 25.6 Å². The summed E-state index contributed by atoms with van der Waals surface area (Å²) in [7, 11) is 0. The molecular formula is C18H13N5O2S. The smallest absolute Gasteiger partial charge is 0.267 e. The minimum atomic E-state index is -0.317. The van der Waals surface area contributed by atoms with Gasteiger partial charge in [-0.25, -0.2) is 14.6 Å². The number of rotatable bonds is 4. The van der Waals surface area contributed by atoms with Crippen molar-refractivity contribution in [3.8, 4) is 10.6 Å². The first-order valence-corrected chi connectivity index (χ1v) is 8.65. The van der Waals surface area contributed by atoms with E-state index < -0.39 is 0 Å². The number of hydrogen-bond donors (Lipinski definition) is 1. The standard InChI is InChI=1S/C18H13N5O2S/c24-15(11-23-16(25)4-2-10-20-23)21-13-7-5-12(6-8-13)17-22-14-3-1-9-19-18(14)26-17/h1-10H,11H2,(H,21,24). The molecule has 3 heterocycles. The summed E-state index contributed by atoms with van der Waals surface area (Å²) < 4.78 is 1.11. The van der Waals surface area contributed by atoms with Crippen LogP contribution in [-0.2, 0) is 11.3 Å². The van der Waals surface area contributed by atoms with Gasteiger partial charge < -0.3 is 5.32 Å². The predicted molar refractivity (Wildman–Crippen MR) is 100.0 cm³/mol. The van der Waals surface area contributed by atoms with Crippen molar-refractivity contribution in [3.05, 3.63) is 71.3 Å². The third kappa shape index (κ3) is 3.35. The Kier molecular flexibility index (Phi) is 4.24. The van der Waals surface area contributed by atoms with E-state index in [-0.39, 0.29) is 18.0 Å². The minimum Gasteiger partial charge on any atom is -0.324 e. The molecule has 8 heteroatoms. The van der Waals surface area contributed by atoms with Crippen LogP contribution in [0.2, 0.25) is 0 Å². The molecule has 0 atom stereocenters. The largest absolute Gasteiger partial charge is 0.324 e. The topological polar surface area (TPSA) is 89.8 Å². The molecule has 1 aromatic carbocycles. The van der Waals surface area contributed by atoms with Gasteiger partial charge in [0.1, 0.15) is 21.9 Å². The first-order chi connectivity index (χ1) is 12.7. The van der Waals surface area contributed by atoms with E-state index in [1.807, 2.05) is 24.3 Å².